The van der Waals surface area contributed by atoms with Crippen LogP contribution in [-0.4, -0.2) is 45.9 Å². The molecule has 1 aliphatic heterocycles. The highest BCUT2D eigenvalue weighted by Gasteiger charge is 2.18. The molecule has 0 N–H and O–H groups in total. The van der Waals surface area contributed by atoms with Crippen LogP contribution in [0, 0.1) is 26.6 Å². The Hall–Kier alpha value is -3.41. The molecular formula is C31H33FN4. The zero-order chi connectivity index (χ0) is 25.1. The summed E-state index contributed by atoms with van der Waals surface area (Å²) in [4.78, 5) is 14.2. The molecular weight excluding hydrogens is 447 g/mol. The van der Waals surface area contributed by atoms with Crippen LogP contribution in [0.25, 0.3) is 22.5 Å². The minimum Gasteiger partial charge on any atom is -0.297 e. The first kappa shape index (κ1) is 24.3. The lowest BCUT2D eigenvalue weighted by atomic mass is 9.98. The van der Waals surface area contributed by atoms with Gasteiger partial charge in [-0.05, 0) is 109 Å². The van der Waals surface area contributed by atoms with Crippen molar-refractivity contribution in [3.8, 4) is 22.5 Å². The number of aryl methyl sites for hydroxylation is 2. The number of nitrogens with zero attached hydrogens (tertiary/aromatic N) is 4. The average Bonchev–Trinajstić information content (AvgIpc) is 2.89. The Morgan fingerprint density at radius 1 is 0.639 bits per heavy atom. The van der Waals surface area contributed by atoms with E-state index in [1.807, 2.05) is 12.4 Å². The van der Waals surface area contributed by atoms with Crippen molar-refractivity contribution in [3.05, 3.63) is 107 Å². The Morgan fingerprint density at radius 2 is 1.11 bits per heavy atom. The molecule has 0 aliphatic carbocycles. The van der Waals surface area contributed by atoms with Gasteiger partial charge in [-0.25, -0.2) is 4.39 Å². The summed E-state index contributed by atoms with van der Waals surface area (Å²) in [5, 5.41) is 0. The smallest absolute Gasteiger partial charge is 0.123 e. The Labute approximate surface area is 213 Å². The van der Waals surface area contributed by atoms with Crippen molar-refractivity contribution in [1.82, 2.24) is 19.8 Å². The third-order valence-electron chi connectivity index (χ3n) is 7.29. The van der Waals surface area contributed by atoms with Gasteiger partial charge in [0.25, 0.3) is 0 Å². The standard InChI is InChI=1S/C31H33FN4/c1-22-16-28(17-23(2)24(22)3)31-19-26(9-11-34-31)21-36-14-12-35(13-15-36)20-25-8-10-33-30(18-25)27-4-6-29(32)7-5-27/h4-11,16-19H,12-15,20-21H2,1-3H3. The van der Waals surface area contributed by atoms with Crippen molar-refractivity contribution in [2.45, 2.75) is 33.9 Å². The summed E-state index contributed by atoms with van der Waals surface area (Å²) in [7, 11) is 0. The lowest BCUT2D eigenvalue weighted by Crippen LogP contribution is -2.45. The number of hydrogen-bond acceptors (Lipinski definition) is 4. The minimum atomic E-state index is -0.226. The molecule has 4 aromatic rings. The molecule has 1 aliphatic rings. The maximum Gasteiger partial charge on any atom is 0.123 e. The second-order valence-corrected chi connectivity index (χ2v) is 9.89. The summed E-state index contributed by atoms with van der Waals surface area (Å²) >= 11 is 0. The SMILES string of the molecule is Cc1cc(-c2cc(CN3CCN(Cc4ccnc(-c5ccc(F)cc5)c4)CC3)ccn2)cc(C)c1C. The van der Waals surface area contributed by atoms with E-state index in [2.05, 4.69) is 76.9 Å². The molecule has 36 heavy (non-hydrogen) atoms. The molecule has 0 atom stereocenters. The first-order valence-electron chi connectivity index (χ1n) is 12.6. The maximum absolute atomic E-state index is 13.3. The van der Waals surface area contributed by atoms with Crippen LogP contribution in [-0.2, 0) is 13.1 Å². The van der Waals surface area contributed by atoms with Gasteiger partial charge in [0, 0.05) is 62.8 Å². The number of rotatable bonds is 6. The highest BCUT2D eigenvalue weighted by molar-refractivity contribution is 5.63. The van der Waals surface area contributed by atoms with E-state index in [4.69, 9.17) is 0 Å². The first-order chi connectivity index (χ1) is 17.4. The maximum atomic E-state index is 13.3. The number of pyridine rings is 2. The van der Waals surface area contributed by atoms with E-state index < -0.39 is 0 Å². The highest BCUT2D eigenvalue weighted by atomic mass is 19.1. The van der Waals surface area contributed by atoms with Crippen molar-refractivity contribution in [3.63, 3.8) is 0 Å². The van der Waals surface area contributed by atoms with Crippen LogP contribution in [0.5, 0.6) is 0 Å². The van der Waals surface area contributed by atoms with Gasteiger partial charge < -0.3 is 0 Å². The topological polar surface area (TPSA) is 32.3 Å². The van der Waals surface area contributed by atoms with Gasteiger partial charge in [-0.2, -0.15) is 0 Å². The van der Waals surface area contributed by atoms with E-state index in [1.54, 1.807) is 12.1 Å². The Kier molecular flexibility index (Phi) is 7.21. The minimum absolute atomic E-state index is 0.226. The summed E-state index contributed by atoms with van der Waals surface area (Å²) in [6.07, 6.45) is 3.79. The van der Waals surface area contributed by atoms with E-state index in [1.165, 1.54) is 45.5 Å². The monoisotopic (exact) mass is 480 g/mol. The second-order valence-electron chi connectivity index (χ2n) is 9.89. The molecule has 5 rings (SSSR count). The van der Waals surface area contributed by atoms with Gasteiger partial charge in [0.2, 0.25) is 0 Å². The van der Waals surface area contributed by atoms with Crippen LogP contribution in [0.15, 0.2) is 73.1 Å². The number of halogens is 1. The third-order valence-corrected chi connectivity index (χ3v) is 7.29. The van der Waals surface area contributed by atoms with Crippen molar-refractivity contribution >= 4 is 0 Å². The zero-order valence-electron chi connectivity index (χ0n) is 21.3. The first-order valence-corrected chi connectivity index (χ1v) is 12.6. The van der Waals surface area contributed by atoms with Crippen LogP contribution < -0.4 is 0 Å². The molecule has 4 nitrogen and oxygen atoms in total. The lowest BCUT2D eigenvalue weighted by molar-refractivity contribution is 0.122. The van der Waals surface area contributed by atoms with Crippen molar-refractivity contribution in [1.29, 1.82) is 0 Å². The highest BCUT2D eigenvalue weighted by Crippen LogP contribution is 2.25. The second kappa shape index (κ2) is 10.7. The van der Waals surface area contributed by atoms with Gasteiger partial charge in [-0.15, -0.1) is 0 Å². The largest absolute Gasteiger partial charge is 0.297 e. The van der Waals surface area contributed by atoms with E-state index in [-0.39, 0.29) is 5.82 Å². The molecule has 1 saturated heterocycles. The summed E-state index contributed by atoms with van der Waals surface area (Å²) < 4.78 is 13.3. The molecule has 2 aromatic carbocycles. The fourth-order valence-electron chi connectivity index (χ4n) is 4.89. The van der Waals surface area contributed by atoms with Crippen molar-refractivity contribution in [2.75, 3.05) is 26.2 Å². The van der Waals surface area contributed by atoms with Crippen LogP contribution in [0.3, 0.4) is 0 Å². The molecule has 0 spiro atoms. The van der Waals surface area contributed by atoms with E-state index in [0.29, 0.717) is 0 Å². The Morgan fingerprint density at radius 3 is 1.61 bits per heavy atom. The molecule has 2 aromatic heterocycles. The van der Waals surface area contributed by atoms with Crippen molar-refractivity contribution < 1.29 is 4.39 Å². The summed E-state index contributed by atoms with van der Waals surface area (Å²) in [5.74, 6) is -0.226. The van der Waals surface area contributed by atoms with E-state index in [9.17, 15) is 4.39 Å². The fourth-order valence-corrected chi connectivity index (χ4v) is 4.89. The zero-order valence-corrected chi connectivity index (χ0v) is 21.3. The van der Waals surface area contributed by atoms with E-state index >= 15 is 0 Å². The number of piperazine rings is 1. The predicted octanol–water partition coefficient (Wildman–Crippen LogP) is 6.19. The number of hydrogen-bond donors (Lipinski definition) is 0. The van der Waals surface area contributed by atoms with Gasteiger partial charge in [-0.3, -0.25) is 19.8 Å². The molecule has 0 unspecified atom stereocenters. The van der Waals surface area contributed by atoms with Crippen LogP contribution >= 0.6 is 0 Å². The van der Waals surface area contributed by atoms with Crippen LogP contribution in [0.4, 0.5) is 4.39 Å². The molecule has 0 amide bonds. The molecule has 0 saturated carbocycles. The van der Waals surface area contributed by atoms with Gasteiger partial charge >= 0.3 is 0 Å². The quantitative estimate of drug-likeness (QED) is 0.329. The molecule has 1 fully saturated rings. The molecule has 0 radical (unpaired) electrons. The summed E-state index contributed by atoms with van der Waals surface area (Å²) in [6, 6.07) is 19.6. The molecule has 5 heteroatoms. The number of aromatic nitrogens is 2. The van der Waals surface area contributed by atoms with Gasteiger partial charge in [-0.1, -0.05) is 0 Å². The Bertz CT molecular complexity index is 1320. The average molecular weight is 481 g/mol. The number of benzene rings is 2. The molecule has 3 heterocycles. The van der Waals surface area contributed by atoms with E-state index in [0.717, 1.165) is 56.2 Å². The third kappa shape index (κ3) is 5.69. The van der Waals surface area contributed by atoms with Gasteiger partial charge in [0.15, 0.2) is 0 Å². The summed E-state index contributed by atoms with van der Waals surface area (Å²) in [6.45, 7) is 12.5. The normalized spacial score (nSPS) is 14.8. The summed E-state index contributed by atoms with van der Waals surface area (Å²) in [5.41, 5.74) is 10.6. The van der Waals surface area contributed by atoms with Gasteiger partial charge in [0.1, 0.15) is 5.82 Å². The van der Waals surface area contributed by atoms with Crippen molar-refractivity contribution in [2.24, 2.45) is 0 Å². The van der Waals surface area contributed by atoms with Crippen LogP contribution in [0.1, 0.15) is 27.8 Å². The van der Waals surface area contributed by atoms with Gasteiger partial charge in [0.05, 0.1) is 11.4 Å². The lowest BCUT2D eigenvalue weighted by Gasteiger charge is -2.34. The fraction of sp³-hybridized carbons (Fsp3) is 0.290. The molecule has 184 valence electrons. The van der Waals surface area contributed by atoms with Crippen LogP contribution in [0.2, 0.25) is 0 Å². The Balaban J connectivity index is 1.18. The molecule has 0 bridgehead atoms. The predicted molar refractivity (Wildman–Crippen MR) is 144 cm³/mol.